The molecule has 0 unspecified atom stereocenters. The number of anilines is 1. The molecule has 0 bridgehead atoms. The number of amides is 2. The molecule has 1 saturated heterocycles. The van der Waals surface area contributed by atoms with E-state index in [0.29, 0.717) is 42.9 Å². The normalized spacial score (nSPS) is 14.5. The number of hydrogen-bond acceptors (Lipinski definition) is 6. The predicted octanol–water partition coefficient (Wildman–Crippen LogP) is 3.59. The lowest BCUT2D eigenvalue weighted by molar-refractivity contribution is -0.143. The first-order valence-electron chi connectivity index (χ1n) is 9.44. The van der Waals surface area contributed by atoms with Crippen LogP contribution in [0.5, 0.6) is 0 Å². The van der Waals surface area contributed by atoms with E-state index in [1.54, 1.807) is 29.2 Å². The van der Waals surface area contributed by atoms with Crippen molar-refractivity contribution in [2.24, 2.45) is 5.92 Å². The van der Waals surface area contributed by atoms with E-state index >= 15 is 0 Å². The van der Waals surface area contributed by atoms with Crippen LogP contribution in [0.15, 0.2) is 52.6 Å². The zero-order chi connectivity index (χ0) is 21.1. The standard InChI is InChI=1S/C21H19N3O5S/c25-19(17-18(29-12-22-17)16-2-1-11-30-16)23-15-5-3-13(4-6-15)20(26)24-9-7-14(8-10-24)21(27)28/h1-6,11-12,14H,7-10H2,(H,23,25)(H,27,28). The number of carboxylic acid groups (broad SMARTS) is 1. The monoisotopic (exact) mass is 425 g/mol. The van der Waals surface area contributed by atoms with Gasteiger partial charge in [-0.05, 0) is 48.6 Å². The summed E-state index contributed by atoms with van der Waals surface area (Å²) < 4.78 is 5.36. The third kappa shape index (κ3) is 4.11. The van der Waals surface area contributed by atoms with Crippen LogP contribution in [0.3, 0.4) is 0 Å². The third-order valence-electron chi connectivity index (χ3n) is 5.05. The number of oxazole rings is 1. The van der Waals surface area contributed by atoms with Crippen LogP contribution in [-0.4, -0.2) is 45.9 Å². The van der Waals surface area contributed by atoms with Gasteiger partial charge in [0.15, 0.2) is 17.8 Å². The second kappa shape index (κ2) is 8.50. The summed E-state index contributed by atoms with van der Waals surface area (Å²) in [5.74, 6) is -1.33. The minimum absolute atomic E-state index is 0.145. The molecule has 3 aromatic rings. The van der Waals surface area contributed by atoms with E-state index in [1.807, 2.05) is 17.5 Å². The van der Waals surface area contributed by atoms with Gasteiger partial charge in [0.2, 0.25) is 0 Å². The van der Waals surface area contributed by atoms with E-state index in [9.17, 15) is 14.4 Å². The van der Waals surface area contributed by atoms with Crippen LogP contribution in [-0.2, 0) is 4.79 Å². The highest BCUT2D eigenvalue weighted by molar-refractivity contribution is 7.13. The molecule has 9 heteroatoms. The Hall–Kier alpha value is -3.46. The van der Waals surface area contributed by atoms with Crippen molar-refractivity contribution in [3.8, 4) is 10.6 Å². The first-order valence-corrected chi connectivity index (χ1v) is 10.3. The van der Waals surface area contributed by atoms with Crippen LogP contribution in [0.1, 0.15) is 33.7 Å². The summed E-state index contributed by atoms with van der Waals surface area (Å²) in [7, 11) is 0. The number of benzene rings is 1. The minimum atomic E-state index is -0.809. The number of nitrogens with zero attached hydrogens (tertiary/aromatic N) is 2. The number of carboxylic acids is 1. The lowest BCUT2D eigenvalue weighted by Crippen LogP contribution is -2.40. The van der Waals surface area contributed by atoms with Crippen LogP contribution in [0.4, 0.5) is 5.69 Å². The quantitative estimate of drug-likeness (QED) is 0.646. The number of aliphatic carboxylic acids is 1. The third-order valence-corrected chi connectivity index (χ3v) is 5.92. The van der Waals surface area contributed by atoms with Crippen LogP contribution >= 0.6 is 11.3 Å². The van der Waals surface area contributed by atoms with Gasteiger partial charge >= 0.3 is 5.97 Å². The van der Waals surface area contributed by atoms with E-state index < -0.39 is 11.9 Å². The van der Waals surface area contributed by atoms with E-state index in [4.69, 9.17) is 9.52 Å². The Kier molecular flexibility index (Phi) is 5.62. The smallest absolute Gasteiger partial charge is 0.306 e. The highest BCUT2D eigenvalue weighted by Gasteiger charge is 2.27. The molecule has 2 N–H and O–H groups in total. The molecule has 30 heavy (non-hydrogen) atoms. The maximum atomic E-state index is 12.6. The summed E-state index contributed by atoms with van der Waals surface area (Å²) >= 11 is 1.45. The molecular formula is C21H19N3O5S. The van der Waals surface area contributed by atoms with Gasteiger partial charge in [-0.2, -0.15) is 0 Å². The van der Waals surface area contributed by atoms with Gasteiger partial charge in [-0.1, -0.05) is 6.07 Å². The highest BCUT2D eigenvalue weighted by atomic mass is 32.1. The Labute approximate surface area is 176 Å². The largest absolute Gasteiger partial charge is 0.481 e. The Morgan fingerprint density at radius 1 is 1.13 bits per heavy atom. The molecule has 1 aliphatic heterocycles. The van der Waals surface area contributed by atoms with Crippen LogP contribution in [0.25, 0.3) is 10.6 Å². The maximum Gasteiger partial charge on any atom is 0.306 e. The fraction of sp³-hybridized carbons (Fsp3) is 0.238. The Balaban J connectivity index is 1.40. The van der Waals surface area contributed by atoms with Gasteiger partial charge in [-0.15, -0.1) is 11.3 Å². The number of likely N-dealkylation sites (tertiary alicyclic amines) is 1. The van der Waals surface area contributed by atoms with Gasteiger partial charge in [0, 0.05) is 24.3 Å². The van der Waals surface area contributed by atoms with Crippen LogP contribution in [0.2, 0.25) is 0 Å². The van der Waals surface area contributed by atoms with Gasteiger partial charge in [-0.25, -0.2) is 4.98 Å². The van der Waals surface area contributed by atoms with Gasteiger partial charge in [0.1, 0.15) is 0 Å². The molecule has 0 aliphatic carbocycles. The number of aromatic nitrogens is 1. The van der Waals surface area contributed by atoms with Crippen molar-refractivity contribution in [3.63, 3.8) is 0 Å². The summed E-state index contributed by atoms with van der Waals surface area (Å²) in [6.07, 6.45) is 2.15. The molecule has 1 aliphatic rings. The number of carbonyl (C=O) groups is 3. The van der Waals surface area contributed by atoms with Gasteiger partial charge in [-0.3, -0.25) is 14.4 Å². The SMILES string of the molecule is O=C(Nc1ccc(C(=O)N2CCC(C(=O)O)CC2)cc1)c1ncoc1-c1cccs1. The molecule has 2 amide bonds. The summed E-state index contributed by atoms with van der Waals surface area (Å²) in [5, 5.41) is 13.7. The van der Waals surface area contributed by atoms with E-state index in [0.717, 1.165) is 4.88 Å². The number of hydrogen-bond donors (Lipinski definition) is 2. The second-order valence-electron chi connectivity index (χ2n) is 6.94. The molecule has 8 nitrogen and oxygen atoms in total. The van der Waals surface area contributed by atoms with Crippen molar-refractivity contribution < 1.29 is 23.9 Å². The first kappa shape index (κ1) is 19.8. The van der Waals surface area contributed by atoms with Crippen molar-refractivity contribution in [3.05, 3.63) is 59.4 Å². The topological polar surface area (TPSA) is 113 Å². The number of rotatable bonds is 5. The van der Waals surface area contributed by atoms with E-state index in [1.165, 1.54) is 17.7 Å². The molecule has 1 aromatic carbocycles. The number of nitrogens with one attached hydrogen (secondary N) is 1. The second-order valence-corrected chi connectivity index (χ2v) is 7.89. The molecule has 0 atom stereocenters. The maximum absolute atomic E-state index is 12.6. The predicted molar refractivity (Wildman–Crippen MR) is 110 cm³/mol. The first-order chi connectivity index (χ1) is 14.5. The van der Waals surface area contributed by atoms with Crippen molar-refractivity contribution in [1.29, 1.82) is 0 Å². The van der Waals surface area contributed by atoms with Crippen LogP contribution in [0, 0.1) is 5.92 Å². The van der Waals surface area contributed by atoms with Crippen molar-refractivity contribution in [2.45, 2.75) is 12.8 Å². The Morgan fingerprint density at radius 3 is 2.50 bits per heavy atom. The summed E-state index contributed by atoms with van der Waals surface area (Å²) in [4.78, 5) is 42.8. The average Bonchev–Trinajstić information content (AvgIpc) is 3.45. The number of thiophene rings is 1. The molecule has 0 radical (unpaired) electrons. The fourth-order valence-electron chi connectivity index (χ4n) is 3.39. The van der Waals surface area contributed by atoms with E-state index in [2.05, 4.69) is 10.3 Å². The lowest BCUT2D eigenvalue weighted by atomic mass is 9.96. The highest BCUT2D eigenvalue weighted by Crippen LogP contribution is 2.28. The molecule has 0 spiro atoms. The molecule has 3 heterocycles. The van der Waals surface area contributed by atoms with Crippen molar-refractivity contribution in [1.82, 2.24) is 9.88 Å². The average molecular weight is 425 g/mol. The van der Waals surface area contributed by atoms with Crippen LogP contribution < -0.4 is 5.32 Å². The Morgan fingerprint density at radius 2 is 1.87 bits per heavy atom. The molecule has 0 saturated carbocycles. The van der Waals surface area contributed by atoms with Gasteiger partial charge in [0.05, 0.1) is 10.8 Å². The number of carbonyl (C=O) groups excluding carboxylic acids is 2. The minimum Gasteiger partial charge on any atom is -0.481 e. The van der Waals surface area contributed by atoms with Crippen molar-refractivity contribution in [2.75, 3.05) is 18.4 Å². The molecule has 1 fully saturated rings. The van der Waals surface area contributed by atoms with E-state index in [-0.39, 0.29) is 17.5 Å². The molecular weight excluding hydrogens is 406 g/mol. The molecule has 4 rings (SSSR count). The molecule has 2 aromatic heterocycles. The Bertz CT molecular complexity index is 1050. The van der Waals surface area contributed by atoms with Gasteiger partial charge in [0.25, 0.3) is 11.8 Å². The zero-order valence-corrected chi connectivity index (χ0v) is 16.7. The zero-order valence-electron chi connectivity index (χ0n) is 15.9. The van der Waals surface area contributed by atoms with Crippen molar-refractivity contribution >= 4 is 34.8 Å². The van der Waals surface area contributed by atoms with Gasteiger partial charge < -0.3 is 19.7 Å². The summed E-state index contributed by atoms with van der Waals surface area (Å²) in [6.45, 7) is 0.845. The molecule has 154 valence electrons. The fourth-order valence-corrected chi connectivity index (χ4v) is 4.10. The number of piperidine rings is 1. The summed E-state index contributed by atoms with van der Waals surface area (Å²) in [5.41, 5.74) is 1.21. The lowest BCUT2D eigenvalue weighted by Gasteiger charge is -2.30. The summed E-state index contributed by atoms with van der Waals surface area (Å²) in [6, 6.07) is 10.3.